The molecule has 1 aliphatic rings. The van der Waals surface area contributed by atoms with Crippen LogP contribution in [0.1, 0.15) is 19.8 Å². The number of fused-ring (bicyclic) bond motifs is 2. The van der Waals surface area contributed by atoms with Crippen molar-refractivity contribution in [3.63, 3.8) is 0 Å². The first-order valence-corrected chi connectivity index (χ1v) is 6.70. The summed E-state index contributed by atoms with van der Waals surface area (Å²) in [4.78, 5) is 0. The Hall–Kier alpha value is -1.41. The molecular weight excluding hydrogens is 248 g/mol. The minimum absolute atomic E-state index is 0.575. The number of benzene rings is 2. The van der Waals surface area contributed by atoms with E-state index >= 15 is 0 Å². The lowest BCUT2D eigenvalue weighted by atomic mass is 10.1. The second-order valence-corrected chi connectivity index (χ2v) is 5.15. The van der Waals surface area contributed by atoms with Gasteiger partial charge in [0.25, 0.3) is 0 Å². The van der Waals surface area contributed by atoms with Crippen molar-refractivity contribution in [2.24, 2.45) is 0 Å². The zero-order valence-corrected chi connectivity index (χ0v) is 11.0. The lowest BCUT2D eigenvalue weighted by molar-refractivity contribution is -0.0681. The Bertz CT molecular complexity index is 535. The molecule has 2 aromatic carbocycles. The molecule has 0 radical (unpaired) electrons. The number of ether oxygens (including phenoxy) is 2. The molecule has 2 aromatic rings. The molecule has 2 nitrogen and oxygen atoms in total. The Morgan fingerprint density at radius 1 is 1.06 bits per heavy atom. The number of hydrogen-bond donors (Lipinski definition) is 0. The van der Waals surface area contributed by atoms with Gasteiger partial charge in [-0.2, -0.15) is 0 Å². The molecule has 0 N–H and O–H groups in total. The van der Waals surface area contributed by atoms with Gasteiger partial charge in [-0.05, 0) is 29.3 Å². The Morgan fingerprint density at radius 3 is 2.11 bits per heavy atom. The predicted octanol–water partition coefficient (Wildman–Crippen LogP) is 4.35. The largest absolute Gasteiger partial charge is 0.449 e. The van der Waals surface area contributed by atoms with Crippen molar-refractivity contribution < 1.29 is 9.47 Å². The molecule has 0 bridgehead atoms. The number of halogens is 1. The third kappa shape index (κ3) is 2.01. The van der Waals surface area contributed by atoms with E-state index < -0.39 is 5.79 Å². The Kier molecular flexibility index (Phi) is 2.83. The highest BCUT2D eigenvalue weighted by Crippen LogP contribution is 2.43. The van der Waals surface area contributed by atoms with Crippen LogP contribution in [-0.2, 0) is 0 Å². The van der Waals surface area contributed by atoms with E-state index in [2.05, 4.69) is 12.1 Å². The highest BCUT2D eigenvalue weighted by Gasteiger charge is 2.36. The summed E-state index contributed by atoms with van der Waals surface area (Å²) in [6.45, 7) is 1.96. The van der Waals surface area contributed by atoms with Gasteiger partial charge in [-0.1, -0.05) is 24.3 Å². The van der Waals surface area contributed by atoms with Crippen LogP contribution in [0.2, 0.25) is 0 Å². The summed E-state index contributed by atoms with van der Waals surface area (Å²) in [6, 6.07) is 12.3. The first-order chi connectivity index (χ1) is 8.70. The molecular formula is C15H15ClO2. The van der Waals surface area contributed by atoms with E-state index in [0.29, 0.717) is 5.88 Å². The highest BCUT2D eigenvalue weighted by molar-refractivity contribution is 6.17. The summed E-state index contributed by atoms with van der Waals surface area (Å²) < 4.78 is 11.8. The van der Waals surface area contributed by atoms with Gasteiger partial charge in [0.15, 0.2) is 11.5 Å². The van der Waals surface area contributed by atoms with Crippen molar-refractivity contribution in [1.82, 2.24) is 0 Å². The quantitative estimate of drug-likeness (QED) is 0.766. The number of alkyl halides is 1. The van der Waals surface area contributed by atoms with E-state index in [1.165, 1.54) is 10.8 Å². The number of hydrogen-bond acceptors (Lipinski definition) is 2. The molecule has 1 heterocycles. The van der Waals surface area contributed by atoms with Crippen LogP contribution in [0.15, 0.2) is 36.4 Å². The second kappa shape index (κ2) is 4.36. The van der Waals surface area contributed by atoms with E-state index in [0.717, 1.165) is 24.3 Å². The lowest BCUT2D eigenvalue weighted by Crippen LogP contribution is -2.34. The zero-order chi connectivity index (χ0) is 12.6. The lowest BCUT2D eigenvalue weighted by Gasteiger charge is -2.22. The molecule has 0 aliphatic carbocycles. The molecule has 3 heteroatoms. The van der Waals surface area contributed by atoms with Crippen LogP contribution in [0.25, 0.3) is 10.8 Å². The predicted molar refractivity (Wildman–Crippen MR) is 73.6 cm³/mol. The molecule has 94 valence electrons. The van der Waals surface area contributed by atoms with E-state index in [1.807, 2.05) is 31.2 Å². The van der Waals surface area contributed by atoms with Crippen molar-refractivity contribution >= 4 is 22.4 Å². The second-order valence-electron chi connectivity index (χ2n) is 4.78. The average molecular weight is 263 g/mol. The Labute approximate surface area is 111 Å². The fourth-order valence-corrected chi connectivity index (χ4v) is 2.47. The minimum Gasteiger partial charge on any atom is -0.449 e. The van der Waals surface area contributed by atoms with Gasteiger partial charge in [0.2, 0.25) is 5.79 Å². The van der Waals surface area contributed by atoms with Gasteiger partial charge in [-0.15, -0.1) is 11.6 Å². The van der Waals surface area contributed by atoms with Gasteiger partial charge >= 0.3 is 0 Å². The molecule has 0 spiro atoms. The maximum Gasteiger partial charge on any atom is 0.248 e. The maximum absolute atomic E-state index is 5.92. The van der Waals surface area contributed by atoms with Crippen molar-refractivity contribution in [2.45, 2.75) is 25.6 Å². The third-order valence-electron chi connectivity index (χ3n) is 3.23. The van der Waals surface area contributed by atoms with Gasteiger partial charge in [0, 0.05) is 19.2 Å². The molecule has 0 amide bonds. The van der Waals surface area contributed by atoms with Gasteiger partial charge in [0.05, 0.1) is 0 Å². The smallest absolute Gasteiger partial charge is 0.248 e. The normalized spacial score (nSPS) is 16.1. The average Bonchev–Trinajstić information content (AvgIpc) is 2.69. The summed E-state index contributed by atoms with van der Waals surface area (Å²) in [7, 11) is 0. The fraction of sp³-hybridized carbons (Fsp3) is 0.333. The van der Waals surface area contributed by atoms with Gasteiger partial charge < -0.3 is 9.47 Å². The van der Waals surface area contributed by atoms with Crippen LogP contribution in [0.4, 0.5) is 0 Å². The summed E-state index contributed by atoms with van der Waals surface area (Å²) in [5, 5.41) is 2.34. The number of rotatable bonds is 3. The molecule has 18 heavy (non-hydrogen) atoms. The summed E-state index contributed by atoms with van der Waals surface area (Å²) >= 11 is 5.73. The van der Waals surface area contributed by atoms with Crippen molar-refractivity contribution in [3.05, 3.63) is 36.4 Å². The van der Waals surface area contributed by atoms with Crippen LogP contribution < -0.4 is 9.47 Å². The van der Waals surface area contributed by atoms with Crippen LogP contribution in [0.5, 0.6) is 11.5 Å². The van der Waals surface area contributed by atoms with E-state index in [1.54, 1.807) is 0 Å². The monoisotopic (exact) mass is 262 g/mol. The Balaban J connectivity index is 1.95. The minimum atomic E-state index is -0.575. The van der Waals surface area contributed by atoms with Crippen molar-refractivity contribution in [2.75, 3.05) is 5.88 Å². The molecule has 0 atom stereocenters. The molecule has 0 unspecified atom stereocenters. The molecule has 0 fully saturated rings. The molecule has 0 aromatic heterocycles. The third-order valence-corrected chi connectivity index (χ3v) is 3.50. The summed E-state index contributed by atoms with van der Waals surface area (Å²) in [6.07, 6.45) is 1.67. The molecule has 3 rings (SSSR count). The summed E-state index contributed by atoms with van der Waals surface area (Å²) in [5.41, 5.74) is 0. The van der Waals surface area contributed by atoms with E-state index in [4.69, 9.17) is 21.1 Å². The van der Waals surface area contributed by atoms with Gasteiger partial charge in [0.1, 0.15) is 0 Å². The van der Waals surface area contributed by atoms with E-state index in [-0.39, 0.29) is 0 Å². The highest BCUT2D eigenvalue weighted by atomic mass is 35.5. The topological polar surface area (TPSA) is 18.5 Å². The molecule has 0 saturated carbocycles. The van der Waals surface area contributed by atoms with Crippen LogP contribution in [-0.4, -0.2) is 11.7 Å². The summed E-state index contributed by atoms with van der Waals surface area (Å²) in [5.74, 6) is 1.70. The molecule has 0 saturated heterocycles. The van der Waals surface area contributed by atoms with Crippen LogP contribution >= 0.6 is 11.6 Å². The standard InChI is InChI=1S/C15H15ClO2/c1-15(7-4-8-16)17-13-9-11-5-2-3-6-12(11)10-14(13)18-15/h2-3,5-6,9-10H,4,7-8H2,1H3. The van der Waals surface area contributed by atoms with Crippen LogP contribution in [0, 0.1) is 0 Å². The van der Waals surface area contributed by atoms with Crippen molar-refractivity contribution in [1.29, 1.82) is 0 Å². The first-order valence-electron chi connectivity index (χ1n) is 6.17. The first kappa shape index (κ1) is 11.7. The van der Waals surface area contributed by atoms with Gasteiger partial charge in [-0.25, -0.2) is 0 Å². The van der Waals surface area contributed by atoms with E-state index in [9.17, 15) is 0 Å². The van der Waals surface area contributed by atoms with Crippen molar-refractivity contribution in [3.8, 4) is 11.5 Å². The van der Waals surface area contributed by atoms with Gasteiger partial charge in [-0.3, -0.25) is 0 Å². The van der Waals surface area contributed by atoms with Crippen LogP contribution in [0.3, 0.4) is 0 Å². The fourth-order valence-electron chi connectivity index (χ4n) is 2.33. The maximum atomic E-state index is 5.92. The zero-order valence-electron chi connectivity index (χ0n) is 10.3. The molecule has 1 aliphatic heterocycles. The SMILES string of the molecule is CC1(CCCCl)Oc2cc3ccccc3cc2O1. The Morgan fingerprint density at radius 2 is 1.61 bits per heavy atom.